The second kappa shape index (κ2) is 6.04. The molecule has 20 heavy (non-hydrogen) atoms. The van der Waals surface area contributed by atoms with Crippen molar-refractivity contribution in [1.82, 2.24) is 9.88 Å². The van der Waals surface area contributed by atoms with Crippen LogP contribution in [0, 0.1) is 0 Å². The van der Waals surface area contributed by atoms with Crippen molar-refractivity contribution >= 4 is 22.5 Å². The van der Waals surface area contributed by atoms with Crippen molar-refractivity contribution in [2.45, 2.75) is 18.8 Å². The maximum absolute atomic E-state index is 12.2. The Morgan fingerprint density at radius 3 is 3.00 bits per heavy atom. The van der Waals surface area contributed by atoms with E-state index in [9.17, 15) is 4.79 Å². The van der Waals surface area contributed by atoms with Crippen LogP contribution < -0.4 is 5.32 Å². The fraction of sp³-hybridized carbons (Fsp3) is 0.667. The van der Waals surface area contributed by atoms with Crippen molar-refractivity contribution in [2.75, 3.05) is 38.7 Å². The summed E-state index contributed by atoms with van der Waals surface area (Å²) in [5.74, 6) is 0. The summed E-state index contributed by atoms with van der Waals surface area (Å²) in [5.41, 5.74) is 0. The van der Waals surface area contributed by atoms with Gasteiger partial charge in [-0.25, -0.2) is 9.78 Å². The third-order valence-corrected chi connectivity index (χ3v) is 4.07. The molecular formula is C12H17N3O4S. The van der Waals surface area contributed by atoms with Crippen molar-refractivity contribution in [3.8, 4) is 0 Å². The molecule has 2 saturated heterocycles. The number of aromatic nitrogens is 1. The van der Waals surface area contributed by atoms with E-state index in [1.165, 1.54) is 11.3 Å². The largest absolute Gasteiger partial charge is 0.379 e. The summed E-state index contributed by atoms with van der Waals surface area (Å²) in [4.78, 5) is 19.1. The zero-order valence-corrected chi connectivity index (χ0v) is 12.0. The first-order chi connectivity index (χ1) is 9.74. The average Bonchev–Trinajstić information content (AvgIpc) is 2.86. The Labute approximate surface area is 120 Å². The quantitative estimate of drug-likeness (QED) is 0.898. The first-order valence-electron chi connectivity index (χ1n) is 6.47. The maximum atomic E-state index is 12.2. The van der Waals surface area contributed by atoms with Gasteiger partial charge in [0.15, 0.2) is 5.13 Å². The van der Waals surface area contributed by atoms with Crippen molar-refractivity contribution < 1.29 is 19.0 Å². The van der Waals surface area contributed by atoms with E-state index in [2.05, 4.69) is 10.3 Å². The smallest absolute Gasteiger partial charge is 0.323 e. The lowest BCUT2D eigenvalue weighted by Gasteiger charge is -2.40. The Kier molecular flexibility index (Phi) is 4.16. The molecule has 2 aliphatic heterocycles. The molecule has 2 unspecified atom stereocenters. The number of thiazole rings is 1. The number of hydrogen-bond donors (Lipinski definition) is 1. The van der Waals surface area contributed by atoms with Crippen LogP contribution in [0.1, 0.15) is 4.88 Å². The number of anilines is 1. The van der Waals surface area contributed by atoms with Gasteiger partial charge in [-0.2, -0.15) is 0 Å². The minimum absolute atomic E-state index is 0.0198. The van der Waals surface area contributed by atoms with Gasteiger partial charge >= 0.3 is 6.03 Å². The van der Waals surface area contributed by atoms with Crippen LogP contribution in [0.15, 0.2) is 6.20 Å². The number of carbonyl (C=O) groups is 1. The number of nitrogens with one attached hydrogen (secondary N) is 1. The van der Waals surface area contributed by atoms with Crippen LogP contribution in [0.3, 0.4) is 0 Å². The summed E-state index contributed by atoms with van der Waals surface area (Å²) in [6, 6.07) is -0.136. The van der Waals surface area contributed by atoms with Crippen LogP contribution in [0.4, 0.5) is 9.93 Å². The third kappa shape index (κ3) is 3.09. The fourth-order valence-corrected chi connectivity index (χ4v) is 3.12. The van der Waals surface area contributed by atoms with Gasteiger partial charge in [-0.3, -0.25) is 5.32 Å². The maximum Gasteiger partial charge on any atom is 0.323 e. The normalized spacial score (nSPS) is 25.6. The zero-order chi connectivity index (χ0) is 13.9. The summed E-state index contributed by atoms with van der Waals surface area (Å²) in [6.07, 6.45) is 1.67. The minimum Gasteiger partial charge on any atom is -0.379 e. The van der Waals surface area contributed by atoms with Crippen molar-refractivity contribution in [2.24, 2.45) is 0 Å². The molecule has 8 heteroatoms. The van der Waals surface area contributed by atoms with Gasteiger partial charge < -0.3 is 19.1 Å². The number of hydrogen-bond acceptors (Lipinski definition) is 6. The number of nitrogens with zero attached hydrogens (tertiary/aromatic N) is 2. The zero-order valence-electron chi connectivity index (χ0n) is 11.2. The number of rotatable bonds is 3. The van der Waals surface area contributed by atoms with Crippen LogP contribution in [-0.2, 0) is 20.8 Å². The lowest BCUT2D eigenvalue weighted by atomic mass is 10.2. The van der Waals surface area contributed by atoms with Gasteiger partial charge in [0.25, 0.3) is 0 Å². The van der Waals surface area contributed by atoms with E-state index >= 15 is 0 Å². The summed E-state index contributed by atoms with van der Waals surface area (Å²) < 4.78 is 16.1. The monoisotopic (exact) mass is 299 g/mol. The standard InChI is InChI=1S/C12H17N3O4S/c1-17-7-10-2-13-11(20-10)14-12(16)15-3-8-5-18-6-9(4-15)19-8/h2,8-9H,3-7H2,1H3,(H,13,14,16). The highest BCUT2D eigenvalue weighted by Gasteiger charge is 2.34. The van der Waals surface area contributed by atoms with E-state index in [1.54, 1.807) is 18.2 Å². The first kappa shape index (κ1) is 13.7. The molecule has 0 saturated carbocycles. The van der Waals surface area contributed by atoms with E-state index in [4.69, 9.17) is 14.2 Å². The van der Waals surface area contributed by atoms with E-state index in [0.29, 0.717) is 38.0 Å². The summed E-state index contributed by atoms with van der Waals surface area (Å²) in [5, 5.41) is 3.41. The summed E-state index contributed by atoms with van der Waals surface area (Å²) in [7, 11) is 1.63. The predicted molar refractivity (Wildman–Crippen MR) is 72.9 cm³/mol. The molecule has 2 atom stereocenters. The molecule has 7 nitrogen and oxygen atoms in total. The number of ether oxygens (including phenoxy) is 3. The molecule has 2 fully saturated rings. The molecule has 110 valence electrons. The van der Waals surface area contributed by atoms with Gasteiger partial charge in [0, 0.05) is 13.3 Å². The molecule has 2 amide bonds. The van der Waals surface area contributed by atoms with Gasteiger partial charge in [-0.15, -0.1) is 0 Å². The Hall–Kier alpha value is -1.22. The first-order valence-corrected chi connectivity index (χ1v) is 7.29. The van der Waals surface area contributed by atoms with Gasteiger partial charge in [-0.05, 0) is 0 Å². The van der Waals surface area contributed by atoms with Crippen molar-refractivity contribution in [3.63, 3.8) is 0 Å². The number of methoxy groups -OCH3 is 1. The minimum atomic E-state index is -0.136. The number of fused-ring (bicyclic) bond motifs is 2. The summed E-state index contributed by atoms with van der Waals surface area (Å²) >= 11 is 1.42. The Bertz CT molecular complexity index is 469. The molecule has 3 rings (SSSR count). The van der Waals surface area contributed by atoms with E-state index in [-0.39, 0.29) is 18.2 Å². The highest BCUT2D eigenvalue weighted by molar-refractivity contribution is 7.15. The van der Waals surface area contributed by atoms with Crippen molar-refractivity contribution in [3.05, 3.63) is 11.1 Å². The molecule has 1 aromatic rings. The molecule has 0 aromatic carbocycles. The van der Waals surface area contributed by atoms with Gasteiger partial charge in [-0.1, -0.05) is 11.3 Å². The predicted octanol–water partition coefficient (Wildman–Crippen LogP) is 0.921. The molecule has 3 heterocycles. The van der Waals surface area contributed by atoms with Crippen LogP contribution in [0.5, 0.6) is 0 Å². The summed E-state index contributed by atoms with van der Waals surface area (Å²) in [6.45, 7) is 2.72. The highest BCUT2D eigenvalue weighted by atomic mass is 32.1. The van der Waals surface area contributed by atoms with Gasteiger partial charge in [0.05, 0.1) is 50.0 Å². The molecule has 0 radical (unpaired) electrons. The Morgan fingerprint density at radius 2 is 2.30 bits per heavy atom. The van der Waals surface area contributed by atoms with E-state index in [0.717, 1.165) is 4.88 Å². The third-order valence-electron chi connectivity index (χ3n) is 3.18. The number of amides is 2. The average molecular weight is 299 g/mol. The second-order valence-electron chi connectivity index (χ2n) is 4.82. The Morgan fingerprint density at radius 1 is 1.55 bits per heavy atom. The molecule has 1 N–H and O–H groups in total. The highest BCUT2D eigenvalue weighted by Crippen LogP contribution is 2.21. The molecule has 2 bridgehead atoms. The molecular weight excluding hydrogens is 282 g/mol. The molecule has 1 aromatic heterocycles. The SMILES string of the molecule is COCc1cnc(NC(=O)N2CC3COCC(C2)O3)s1. The fourth-order valence-electron chi connectivity index (χ4n) is 2.35. The van der Waals surface area contributed by atoms with Crippen LogP contribution in [-0.4, -0.2) is 61.5 Å². The van der Waals surface area contributed by atoms with Crippen LogP contribution in [0.25, 0.3) is 0 Å². The van der Waals surface area contributed by atoms with Gasteiger partial charge in [0.2, 0.25) is 0 Å². The number of carbonyl (C=O) groups excluding carboxylic acids is 1. The Balaban J connectivity index is 1.58. The number of urea groups is 1. The van der Waals surface area contributed by atoms with Crippen LogP contribution in [0.2, 0.25) is 0 Å². The molecule has 0 spiro atoms. The number of morpholine rings is 1. The van der Waals surface area contributed by atoms with Gasteiger partial charge in [0.1, 0.15) is 0 Å². The van der Waals surface area contributed by atoms with Crippen molar-refractivity contribution in [1.29, 1.82) is 0 Å². The molecule has 2 aliphatic rings. The van der Waals surface area contributed by atoms with E-state index in [1.807, 2.05) is 0 Å². The lowest BCUT2D eigenvalue weighted by molar-refractivity contribution is -0.170. The lowest BCUT2D eigenvalue weighted by Crippen LogP contribution is -2.56. The topological polar surface area (TPSA) is 72.9 Å². The van der Waals surface area contributed by atoms with E-state index < -0.39 is 0 Å². The second-order valence-corrected chi connectivity index (χ2v) is 5.93. The van der Waals surface area contributed by atoms with Crippen LogP contribution >= 0.6 is 11.3 Å². The molecule has 0 aliphatic carbocycles.